The van der Waals surface area contributed by atoms with Gasteiger partial charge in [-0.1, -0.05) is 92.5 Å². The fraction of sp³-hybridized carbons (Fsp3) is 0.824. The molecule has 3 aliphatic carbocycles. The van der Waals surface area contributed by atoms with Crippen LogP contribution in [0.1, 0.15) is 113 Å². The van der Waals surface area contributed by atoms with Crippen molar-refractivity contribution in [2.75, 3.05) is 0 Å². The third kappa shape index (κ3) is 6.93. The van der Waals surface area contributed by atoms with E-state index in [4.69, 9.17) is 4.43 Å². The molecule has 0 radical (unpaired) electrons. The maximum Gasteiger partial charge on any atom is 0.192 e. The van der Waals surface area contributed by atoms with Gasteiger partial charge in [0.15, 0.2) is 8.32 Å². The lowest BCUT2D eigenvalue weighted by molar-refractivity contribution is 0.0903. The molecule has 37 heavy (non-hydrogen) atoms. The van der Waals surface area contributed by atoms with Crippen LogP contribution in [0.15, 0.2) is 35.5 Å². The summed E-state index contributed by atoms with van der Waals surface area (Å²) in [4.78, 5) is 0. The van der Waals surface area contributed by atoms with Gasteiger partial charge in [0.05, 0.1) is 12.2 Å². The Morgan fingerprint density at radius 1 is 1.11 bits per heavy atom. The van der Waals surface area contributed by atoms with Crippen molar-refractivity contribution in [3.05, 3.63) is 35.5 Å². The first kappa shape index (κ1) is 30.9. The molecule has 0 amide bonds. The second kappa shape index (κ2) is 11.8. The molecule has 3 heteroatoms. The molecule has 3 rings (SSSR count). The van der Waals surface area contributed by atoms with Gasteiger partial charge in [-0.25, -0.2) is 0 Å². The van der Waals surface area contributed by atoms with Crippen molar-refractivity contribution in [3.8, 4) is 0 Å². The number of hydrogen-bond acceptors (Lipinski definition) is 2. The van der Waals surface area contributed by atoms with E-state index in [2.05, 4.69) is 87.2 Å². The van der Waals surface area contributed by atoms with Crippen LogP contribution in [0.25, 0.3) is 0 Å². The zero-order chi connectivity index (χ0) is 27.8. The third-order valence-corrected chi connectivity index (χ3v) is 16.0. The first-order chi connectivity index (χ1) is 17.1. The van der Waals surface area contributed by atoms with Crippen molar-refractivity contribution >= 4 is 8.32 Å². The molecule has 0 bridgehead atoms. The molecule has 0 saturated heterocycles. The molecule has 7 atom stereocenters. The van der Waals surface area contributed by atoms with E-state index < -0.39 is 14.4 Å². The van der Waals surface area contributed by atoms with Crippen LogP contribution < -0.4 is 0 Å². The lowest BCUT2D eigenvalue weighted by atomic mass is 9.60. The summed E-state index contributed by atoms with van der Waals surface area (Å²) in [6.07, 6.45) is 15.3. The molecule has 0 heterocycles. The molecule has 3 fully saturated rings. The summed E-state index contributed by atoms with van der Waals surface area (Å²) in [6, 6.07) is 0. The van der Waals surface area contributed by atoms with Crippen molar-refractivity contribution in [1.82, 2.24) is 0 Å². The van der Waals surface area contributed by atoms with Crippen LogP contribution in [0.2, 0.25) is 18.1 Å². The predicted octanol–water partition coefficient (Wildman–Crippen LogP) is 9.87. The monoisotopic (exact) mass is 528 g/mol. The molecule has 212 valence electrons. The standard InChI is InChI=1S/C34H60O2Si/c1-23(2)24(3)14-15-25(4)30-18-19-31-27(13-12-20-34(30,31)9)16-17-28-21-29(22-32(35)26(28)5)36-37(10,11)33(6,7)8/h16-17,23-25,29-32,35H,5,12-15,18-22H2,1-4,6-11H3/b27-16?,28-17+/t24-,25+,29+,30+,31-,32-,34+/m0/s1. The zero-order valence-corrected chi connectivity index (χ0v) is 27.1. The summed E-state index contributed by atoms with van der Waals surface area (Å²) >= 11 is 0. The Kier molecular flexibility index (Phi) is 9.89. The number of rotatable bonds is 8. The minimum absolute atomic E-state index is 0.0904. The van der Waals surface area contributed by atoms with Gasteiger partial charge in [-0.3, -0.25) is 0 Å². The molecule has 0 unspecified atom stereocenters. The minimum Gasteiger partial charge on any atom is -0.413 e. The maximum absolute atomic E-state index is 10.8. The van der Waals surface area contributed by atoms with Crippen LogP contribution in [0.4, 0.5) is 0 Å². The van der Waals surface area contributed by atoms with Gasteiger partial charge in [0.2, 0.25) is 0 Å². The molecule has 0 spiro atoms. The summed E-state index contributed by atoms with van der Waals surface area (Å²) in [5.41, 5.74) is 4.21. The Balaban J connectivity index is 1.74. The van der Waals surface area contributed by atoms with E-state index in [1.54, 1.807) is 5.57 Å². The average molecular weight is 529 g/mol. The average Bonchev–Trinajstić information content (AvgIpc) is 3.15. The van der Waals surface area contributed by atoms with E-state index in [-0.39, 0.29) is 11.1 Å². The van der Waals surface area contributed by atoms with Crippen LogP contribution >= 0.6 is 0 Å². The molecule has 0 aliphatic heterocycles. The number of allylic oxidation sites excluding steroid dienone is 3. The Morgan fingerprint density at radius 3 is 2.41 bits per heavy atom. The largest absolute Gasteiger partial charge is 0.413 e. The molecular weight excluding hydrogens is 468 g/mol. The highest BCUT2D eigenvalue weighted by Gasteiger charge is 2.50. The first-order valence-electron chi connectivity index (χ1n) is 15.5. The topological polar surface area (TPSA) is 29.5 Å². The highest BCUT2D eigenvalue weighted by molar-refractivity contribution is 6.74. The third-order valence-electron chi connectivity index (χ3n) is 11.5. The molecule has 0 aromatic rings. The summed E-state index contributed by atoms with van der Waals surface area (Å²) in [5.74, 6) is 3.99. The van der Waals surface area contributed by atoms with E-state index in [0.717, 1.165) is 35.7 Å². The number of hydrogen-bond donors (Lipinski definition) is 1. The molecular formula is C34H60O2Si. The molecule has 0 aromatic carbocycles. The van der Waals surface area contributed by atoms with Crippen molar-refractivity contribution < 1.29 is 9.53 Å². The van der Waals surface area contributed by atoms with E-state index in [9.17, 15) is 5.11 Å². The summed E-state index contributed by atoms with van der Waals surface area (Å²) in [6.45, 7) is 28.1. The summed E-state index contributed by atoms with van der Waals surface area (Å²) < 4.78 is 6.74. The van der Waals surface area contributed by atoms with Gasteiger partial charge in [-0.05, 0) is 103 Å². The predicted molar refractivity (Wildman–Crippen MR) is 163 cm³/mol. The normalized spacial score (nSPS) is 35.3. The number of aliphatic hydroxyl groups excluding tert-OH is 1. The van der Waals surface area contributed by atoms with Crippen LogP contribution in [0, 0.1) is 35.0 Å². The van der Waals surface area contributed by atoms with Gasteiger partial charge < -0.3 is 9.53 Å². The SMILES string of the molecule is C=C1/C(=C/C=C2CCC[C@]3(C)[C@@H]([C@H](C)CC[C@H](C)C(C)C)CC[C@@H]23)C[C@@H](O[Si](C)(C)C(C)(C)C)C[C@@H]1O. The van der Waals surface area contributed by atoms with E-state index in [1.807, 2.05) is 0 Å². The second-order valence-corrected chi connectivity index (χ2v) is 20.0. The maximum atomic E-state index is 10.8. The molecule has 1 N–H and O–H groups in total. The van der Waals surface area contributed by atoms with E-state index in [0.29, 0.717) is 17.8 Å². The molecule has 3 saturated carbocycles. The fourth-order valence-electron chi connectivity index (χ4n) is 7.41. The highest BCUT2D eigenvalue weighted by Crippen LogP contribution is 2.60. The number of aliphatic hydroxyl groups is 1. The van der Waals surface area contributed by atoms with Gasteiger partial charge in [0.1, 0.15) is 0 Å². The Labute approximate surface area is 231 Å². The quantitative estimate of drug-likeness (QED) is 0.318. The smallest absolute Gasteiger partial charge is 0.192 e. The second-order valence-electron chi connectivity index (χ2n) is 15.3. The Morgan fingerprint density at radius 2 is 1.78 bits per heavy atom. The molecule has 2 nitrogen and oxygen atoms in total. The van der Waals surface area contributed by atoms with Crippen LogP contribution in [-0.2, 0) is 4.43 Å². The van der Waals surface area contributed by atoms with Gasteiger partial charge in [0, 0.05) is 6.42 Å². The van der Waals surface area contributed by atoms with Crippen molar-refractivity contribution in [2.24, 2.45) is 35.0 Å². The Bertz CT molecular complexity index is 860. The minimum atomic E-state index is -1.88. The van der Waals surface area contributed by atoms with Gasteiger partial charge >= 0.3 is 0 Å². The lowest BCUT2D eigenvalue weighted by Gasteiger charge is -2.44. The van der Waals surface area contributed by atoms with Crippen LogP contribution in [-0.4, -0.2) is 25.6 Å². The van der Waals surface area contributed by atoms with Crippen LogP contribution in [0.5, 0.6) is 0 Å². The zero-order valence-electron chi connectivity index (χ0n) is 26.1. The fourth-order valence-corrected chi connectivity index (χ4v) is 8.77. The van der Waals surface area contributed by atoms with E-state index >= 15 is 0 Å². The van der Waals surface area contributed by atoms with Gasteiger partial charge in [-0.2, -0.15) is 0 Å². The number of fused-ring (bicyclic) bond motifs is 1. The summed E-state index contributed by atoms with van der Waals surface area (Å²) in [7, 11) is -1.88. The molecule has 3 aliphatic rings. The lowest BCUT2D eigenvalue weighted by Crippen LogP contribution is -2.46. The molecule has 0 aromatic heterocycles. The highest BCUT2D eigenvalue weighted by atomic mass is 28.4. The van der Waals surface area contributed by atoms with Crippen molar-refractivity contribution in [1.29, 1.82) is 0 Å². The van der Waals surface area contributed by atoms with Gasteiger partial charge in [0.25, 0.3) is 0 Å². The Hall–Kier alpha value is -0.643. The first-order valence-corrected chi connectivity index (χ1v) is 18.4. The van der Waals surface area contributed by atoms with Crippen molar-refractivity contribution in [2.45, 2.75) is 144 Å². The van der Waals surface area contributed by atoms with Crippen molar-refractivity contribution in [3.63, 3.8) is 0 Å². The van der Waals surface area contributed by atoms with Gasteiger partial charge in [-0.15, -0.1) is 0 Å². The van der Waals surface area contributed by atoms with Crippen LogP contribution in [0.3, 0.4) is 0 Å². The summed E-state index contributed by atoms with van der Waals surface area (Å²) in [5, 5.41) is 11.0. The van der Waals surface area contributed by atoms with E-state index in [1.165, 1.54) is 50.5 Å².